The molecule has 0 atom stereocenters. The zero-order valence-corrected chi connectivity index (χ0v) is 18.6. The molecule has 8 nitrogen and oxygen atoms in total. The number of carbonyl (C=O) groups excluding carboxylic acids is 2. The van der Waals surface area contributed by atoms with Gasteiger partial charge in [-0.2, -0.15) is 0 Å². The number of thiazole rings is 1. The van der Waals surface area contributed by atoms with Gasteiger partial charge in [0.05, 0.1) is 29.6 Å². The zero-order chi connectivity index (χ0) is 21.6. The third-order valence-electron chi connectivity index (χ3n) is 5.72. The molecule has 1 aromatic carbocycles. The molecule has 0 saturated carbocycles. The van der Waals surface area contributed by atoms with Crippen molar-refractivity contribution < 1.29 is 14.3 Å². The molecule has 2 aliphatic rings. The van der Waals surface area contributed by atoms with E-state index in [-0.39, 0.29) is 17.9 Å². The molecule has 2 aliphatic heterocycles. The van der Waals surface area contributed by atoms with Crippen molar-refractivity contribution in [2.75, 3.05) is 56.2 Å². The first-order valence-electron chi connectivity index (χ1n) is 10.9. The molecule has 1 aromatic heterocycles. The topological polar surface area (TPSA) is 86.8 Å². The van der Waals surface area contributed by atoms with E-state index < -0.39 is 0 Å². The van der Waals surface area contributed by atoms with Crippen LogP contribution in [0.25, 0.3) is 0 Å². The molecule has 2 fully saturated rings. The molecule has 3 amide bonds. The number of hydrogen-bond donors (Lipinski definition) is 2. The lowest BCUT2D eigenvalue weighted by molar-refractivity contribution is 0.102. The van der Waals surface area contributed by atoms with Gasteiger partial charge in [-0.3, -0.25) is 4.79 Å². The Morgan fingerprint density at radius 1 is 1.16 bits per heavy atom. The van der Waals surface area contributed by atoms with E-state index in [1.165, 1.54) is 11.3 Å². The Hall–Kier alpha value is -2.65. The van der Waals surface area contributed by atoms with Crippen LogP contribution in [0.2, 0.25) is 0 Å². The molecule has 0 spiro atoms. The second-order valence-corrected chi connectivity index (χ2v) is 8.63. The number of rotatable bonds is 5. The van der Waals surface area contributed by atoms with Crippen LogP contribution < -0.4 is 15.5 Å². The number of para-hydroxylation sites is 2. The van der Waals surface area contributed by atoms with Crippen molar-refractivity contribution >= 4 is 34.6 Å². The van der Waals surface area contributed by atoms with Gasteiger partial charge in [0, 0.05) is 44.0 Å². The van der Waals surface area contributed by atoms with E-state index >= 15 is 0 Å². The average molecular weight is 444 g/mol. The number of anilines is 2. The molecule has 0 aliphatic carbocycles. The van der Waals surface area contributed by atoms with Gasteiger partial charge in [0.15, 0.2) is 0 Å². The first-order chi connectivity index (χ1) is 15.2. The summed E-state index contributed by atoms with van der Waals surface area (Å²) in [7, 11) is 0. The molecule has 2 saturated heterocycles. The summed E-state index contributed by atoms with van der Waals surface area (Å²) in [6.07, 6.45) is 1.73. The molecule has 0 radical (unpaired) electrons. The largest absolute Gasteiger partial charge is 0.378 e. The number of urea groups is 1. The van der Waals surface area contributed by atoms with Gasteiger partial charge < -0.3 is 25.2 Å². The van der Waals surface area contributed by atoms with E-state index in [0.29, 0.717) is 38.5 Å². The van der Waals surface area contributed by atoms with Crippen LogP contribution in [-0.2, 0) is 4.74 Å². The third kappa shape index (κ3) is 5.16. The van der Waals surface area contributed by atoms with Crippen molar-refractivity contribution in [3.63, 3.8) is 0 Å². The SMILES string of the molecule is CCNC(=O)N1CCC(c2nc(C(=O)Nc3ccccc3N3CCOCC3)cs2)CC1. The van der Waals surface area contributed by atoms with E-state index in [1.807, 2.05) is 41.5 Å². The highest BCUT2D eigenvalue weighted by molar-refractivity contribution is 7.10. The number of ether oxygens (including phenoxy) is 1. The molecular weight excluding hydrogens is 414 g/mol. The highest BCUT2D eigenvalue weighted by Crippen LogP contribution is 2.31. The van der Waals surface area contributed by atoms with Crippen LogP contribution in [-0.4, -0.2) is 67.8 Å². The number of nitrogens with one attached hydrogen (secondary N) is 2. The number of hydrogen-bond acceptors (Lipinski definition) is 6. The van der Waals surface area contributed by atoms with Crippen molar-refractivity contribution in [2.45, 2.75) is 25.7 Å². The van der Waals surface area contributed by atoms with Crippen LogP contribution in [0.1, 0.15) is 41.2 Å². The molecular formula is C22H29N5O3S. The van der Waals surface area contributed by atoms with Crippen LogP contribution in [0.5, 0.6) is 0 Å². The van der Waals surface area contributed by atoms with Crippen molar-refractivity contribution in [3.8, 4) is 0 Å². The van der Waals surface area contributed by atoms with Crippen molar-refractivity contribution in [1.82, 2.24) is 15.2 Å². The fourth-order valence-electron chi connectivity index (χ4n) is 4.02. The highest BCUT2D eigenvalue weighted by Gasteiger charge is 2.26. The molecule has 2 N–H and O–H groups in total. The minimum Gasteiger partial charge on any atom is -0.378 e. The Morgan fingerprint density at radius 2 is 1.90 bits per heavy atom. The third-order valence-corrected chi connectivity index (χ3v) is 6.73. The number of piperidine rings is 1. The number of amides is 3. The van der Waals surface area contributed by atoms with E-state index in [4.69, 9.17) is 4.74 Å². The van der Waals surface area contributed by atoms with Crippen LogP contribution >= 0.6 is 11.3 Å². The summed E-state index contributed by atoms with van der Waals surface area (Å²) in [5, 5.41) is 8.69. The van der Waals surface area contributed by atoms with Crippen LogP contribution in [0.15, 0.2) is 29.6 Å². The predicted octanol–water partition coefficient (Wildman–Crippen LogP) is 3.14. The number of aromatic nitrogens is 1. The van der Waals surface area contributed by atoms with Crippen molar-refractivity contribution in [2.24, 2.45) is 0 Å². The first-order valence-corrected chi connectivity index (χ1v) is 11.7. The van der Waals surface area contributed by atoms with Gasteiger partial charge in [0.25, 0.3) is 5.91 Å². The Morgan fingerprint density at radius 3 is 2.65 bits per heavy atom. The summed E-state index contributed by atoms with van der Waals surface area (Å²) in [6, 6.07) is 7.85. The molecule has 31 heavy (non-hydrogen) atoms. The quantitative estimate of drug-likeness (QED) is 0.741. The first kappa shape index (κ1) is 21.6. The van der Waals surface area contributed by atoms with Crippen molar-refractivity contribution in [3.05, 3.63) is 40.3 Å². The Balaban J connectivity index is 1.38. The Kier molecular flexibility index (Phi) is 7.03. The highest BCUT2D eigenvalue weighted by atomic mass is 32.1. The lowest BCUT2D eigenvalue weighted by Gasteiger charge is -2.31. The standard InChI is InChI=1S/C22H29N5O3S/c1-2-23-22(29)27-9-7-16(8-10-27)21-25-18(15-31-21)20(28)24-17-5-3-4-6-19(17)26-11-13-30-14-12-26/h3-6,15-16H,2,7-14H2,1H3,(H,23,29)(H,24,28). The summed E-state index contributed by atoms with van der Waals surface area (Å²) in [5.41, 5.74) is 2.24. The second-order valence-electron chi connectivity index (χ2n) is 7.74. The number of carbonyl (C=O) groups is 2. The van der Waals surface area contributed by atoms with E-state index in [9.17, 15) is 9.59 Å². The van der Waals surface area contributed by atoms with Crippen LogP contribution in [0.4, 0.5) is 16.2 Å². The average Bonchev–Trinajstić information content (AvgIpc) is 3.31. The molecule has 166 valence electrons. The molecule has 2 aromatic rings. The van der Waals surface area contributed by atoms with Crippen LogP contribution in [0, 0.1) is 0 Å². The van der Waals surface area contributed by atoms with Crippen LogP contribution in [0.3, 0.4) is 0 Å². The smallest absolute Gasteiger partial charge is 0.317 e. The fourth-order valence-corrected chi connectivity index (χ4v) is 4.99. The summed E-state index contributed by atoms with van der Waals surface area (Å²) < 4.78 is 5.44. The maximum absolute atomic E-state index is 12.9. The van der Waals surface area contributed by atoms with Gasteiger partial charge in [-0.1, -0.05) is 12.1 Å². The summed E-state index contributed by atoms with van der Waals surface area (Å²) in [5.74, 6) is 0.0980. The number of morpholine rings is 1. The second kappa shape index (κ2) is 10.1. The Labute approximate surface area is 186 Å². The zero-order valence-electron chi connectivity index (χ0n) is 17.8. The monoisotopic (exact) mass is 443 g/mol. The molecule has 0 bridgehead atoms. The summed E-state index contributed by atoms with van der Waals surface area (Å²) in [4.78, 5) is 33.6. The summed E-state index contributed by atoms with van der Waals surface area (Å²) >= 11 is 1.53. The maximum atomic E-state index is 12.9. The Bertz CT molecular complexity index is 904. The molecule has 9 heteroatoms. The maximum Gasteiger partial charge on any atom is 0.317 e. The molecule has 3 heterocycles. The number of nitrogens with zero attached hydrogens (tertiary/aromatic N) is 3. The van der Waals surface area contributed by atoms with E-state index in [1.54, 1.807) is 0 Å². The van der Waals surface area contributed by atoms with Gasteiger partial charge in [-0.25, -0.2) is 9.78 Å². The minimum absolute atomic E-state index is 0.000844. The number of likely N-dealkylation sites (tertiary alicyclic amines) is 1. The van der Waals surface area contributed by atoms with Gasteiger partial charge in [-0.05, 0) is 31.9 Å². The van der Waals surface area contributed by atoms with Gasteiger partial charge in [0.1, 0.15) is 5.69 Å². The normalized spacial score (nSPS) is 17.5. The lowest BCUT2D eigenvalue weighted by Crippen LogP contribution is -2.44. The van der Waals surface area contributed by atoms with E-state index in [0.717, 1.165) is 42.3 Å². The lowest BCUT2D eigenvalue weighted by atomic mass is 9.98. The van der Waals surface area contributed by atoms with Gasteiger partial charge in [0.2, 0.25) is 0 Å². The molecule has 0 unspecified atom stereocenters. The molecule has 4 rings (SSSR count). The fraction of sp³-hybridized carbons (Fsp3) is 0.500. The van der Waals surface area contributed by atoms with Gasteiger partial charge >= 0.3 is 6.03 Å². The minimum atomic E-state index is -0.192. The summed E-state index contributed by atoms with van der Waals surface area (Å²) in [6.45, 7) is 6.98. The predicted molar refractivity (Wildman–Crippen MR) is 122 cm³/mol. The van der Waals surface area contributed by atoms with Gasteiger partial charge in [-0.15, -0.1) is 11.3 Å². The number of benzene rings is 1. The van der Waals surface area contributed by atoms with E-state index in [2.05, 4.69) is 20.5 Å². The van der Waals surface area contributed by atoms with Crippen molar-refractivity contribution in [1.29, 1.82) is 0 Å².